The summed E-state index contributed by atoms with van der Waals surface area (Å²) in [5, 5.41) is 1.65. The lowest BCUT2D eigenvalue weighted by Crippen LogP contribution is -2.11. The van der Waals surface area contributed by atoms with E-state index < -0.39 is 0 Å². The number of hydrogen-bond acceptors (Lipinski definition) is 1. The Bertz CT molecular complexity index is 528. The molecule has 2 aromatic carbocycles. The van der Waals surface area contributed by atoms with Crippen LogP contribution in [-0.4, -0.2) is 11.9 Å². The van der Waals surface area contributed by atoms with Gasteiger partial charge >= 0.3 is 0 Å². The van der Waals surface area contributed by atoms with E-state index in [0.29, 0.717) is 12.5 Å². The molecule has 0 fully saturated rings. The summed E-state index contributed by atoms with van der Waals surface area (Å²) in [6, 6.07) is 16.1. The second-order valence-electron chi connectivity index (χ2n) is 4.48. The first-order valence-corrected chi connectivity index (χ1v) is 7.70. The summed E-state index contributed by atoms with van der Waals surface area (Å²) in [6.45, 7) is 2.63. The maximum atomic E-state index is 6.00. The van der Waals surface area contributed by atoms with Crippen molar-refractivity contribution in [1.82, 2.24) is 0 Å². The first-order valence-electron chi connectivity index (χ1n) is 6.20. The molecule has 100 valence electrons. The molecular weight excluding hydrogens is 324 g/mol. The van der Waals surface area contributed by atoms with E-state index >= 15 is 0 Å². The van der Waals surface area contributed by atoms with Crippen LogP contribution >= 0.6 is 27.5 Å². The minimum atomic E-state index is 0.345. The maximum Gasteiger partial charge on any atom is 0.119 e. The average molecular weight is 340 g/mol. The second kappa shape index (κ2) is 6.97. The molecule has 0 aromatic heterocycles. The van der Waals surface area contributed by atoms with Crippen molar-refractivity contribution < 1.29 is 4.74 Å². The van der Waals surface area contributed by atoms with Crippen molar-refractivity contribution in [2.24, 2.45) is 0 Å². The molecule has 2 rings (SSSR count). The lowest BCUT2D eigenvalue weighted by Gasteiger charge is -2.16. The zero-order valence-electron chi connectivity index (χ0n) is 10.8. The number of ether oxygens (including phenoxy) is 1. The quantitative estimate of drug-likeness (QED) is 0.680. The van der Waals surface area contributed by atoms with Gasteiger partial charge in [0.1, 0.15) is 5.75 Å². The standard InChI is InChI=1S/C16H16BrClO/c1-12-9-15(7-8-16(12)18)19-11-14(10-17)13-5-3-2-4-6-13/h2-9,14H,10-11H2,1H3. The van der Waals surface area contributed by atoms with Gasteiger partial charge in [-0.3, -0.25) is 0 Å². The molecule has 0 saturated carbocycles. The minimum absolute atomic E-state index is 0.345. The Hall–Kier alpha value is -0.990. The predicted octanol–water partition coefficient (Wildman–Crippen LogP) is 5.21. The van der Waals surface area contributed by atoms with Crippen molar-refractivity contribution in [2.75, 3.05) is 11.9 Å². The highest BCUT2D eigenvalue weighted by atomic mass is 79.9. The molecular formula is C16H16BrClO. The Balaban J connectivity index is 2.02. The lowest BCUT2D eigenvalue weighted by atomic mass is 10.0. The fraction of sp³-hybridized carbons (Fsp3) is 0.250. The summed E-state index contributed by atoms with van der Waals surface area (Å²) in [5.41, 5.74) is 2.32. The van der Waals surface area contributed by atoms with Gasteiger partial charge in [0.15, 0.2) is 0 Å². The van der Waals surface area contributed by atoms with Crippen LogP contribution in [0.25, 0.3) is 0 Å². The molecule has 1 atom stereocenters. The SMILES string of the molecule is Cc1cc(OCC(CBr)c2ccccc2)ccc1Cl. The molecule has 0 amide bonds. The summed E-state index contributed by atoms with van der Waals surface area (Å²) < 4.78 is 5.86. The normalized spacial score (nSPS) is 12.2. The van der Waals surface area contributed by atoms with Crippen molar-refractivity contribution in [1.29, 1.82) is 0 Å². The maximum absolute atomic E-state index is 6.00. The van der Waals surface area contributed by atoms with Gasteiger partial charge in [-0.2, -0.15) is 0 Å². The van der Waals surface area contributed by atoms with Crippen LogP contribution in [-0.2, 0) is 0 Å². The molecule has 0 saturated heterocycles. The van der Waals surface area contributed by atoms with Crippen molar-refractivity contribution in [2.45, 2.75) is 12.8 Å². The summed E-state index contributed by atoms with van der Waals surface area (Å²) in [4.78, 5) is 0. The number of aryl methyl sites for hydroxylation is 1. The third-order valence-electron chi connectivity index (χ3n) is 3.04. The van der Waals surface area contributed by atoms with E-state index in [1.807, 2.05) is 31.2 Å². The summed E-state index contributed by atoms with van der Waals surface area (Å²) >= 11 is 9.55. The molecule has 1 unspecified atom stereocenters. The van der Waals surface area contributed by atoms with Crippen LogP contribution in [0, 0.1) is 6.92 Å². The van der Waals surface area contributed by atoms with Crippen molar-refractivity contribution in [3.8, 4) is 5.75 Å². The second-order valence-corrected chi connectivity index (χ2v) is 5.54. The fourth-order valence-corrected chi connectivity index (χ4v) is 2.54. The summed E-state index contributed by atoms with van der Waals surface area (Å²) in [5.74, 6) is 1.21. The molecule has 0 heterocycles. The molecule has 0 bridgehead atoms. The highest BCUT2D eigenvalue weighted by Gasteiger charge is 2.11. The lowest BCUT2D eigenvalue weighted by molar-refractivity contribution is 0.298. The molecule has 0 aliphatic heterocycles. The first kappa shape index (κ1) is 14.4. The monoisotopic (exact) mass is 338 g/mol. The van der Waals surface area contributed by atoms with E-state index in [-0.39, 0.29) is 0 Å². The number of hydrogen-bond donors (Lipinski definition) is 0. The van der Waals surface area contributed by atoms with Gasteiger partial charge in [-0.15, -0.1) is 0 Å². The third kappa shape index (κ3) is 3.99. The van der Waals surface area contributed by atoms with Crippen LogP contribution in [0.4, 0.5) is 0 Å². The van der Waals surface area contributed by atoms with Gasteiger partial charge in [-0.1, -0.05) is 57.9 Å². The Labute approximate surface area is 127 Å². The molecule has 2 aromatic rings. The van der Waals surface area contributed by atoms with Gasteiger partial charge in [-0.05, 0) is 36.2 Å². The third-order valence-corrected chi connectivity index (χ3v) is 4.24. The van der Waals surface area contributed by atoms with Crippen molar-refractivity contribution in [3.05, 3.63) is 64.7 Å². The van der Waals surface area contributed by atoms with Gasteiger partial charge in [0, 0.05) is 16.3 Å². The highest BCUT2D eigenvalue weighted by Crippen LogP contribution is 2.24. The topological polar surface area (TPSA) is 9.23 Å². The minimum Gasteiger partial charge on any atom is -0.493 e. The smallest absolute Gasteiger partial charge is 0.119 e. The average Bonchev–Trinajstić information content (AvgIpc) is 2.44. The van der Waals surface area contributed by atoms with Crippen LogP contribution in [0.1, 0.15) is 17.0 Å². The number of rotatable bonds is 5. The van der Waals surface area contributed by atoms with Crippen LogP contribution in [0.2, 0.25) is 5.02 Å². The zero-order valence-corrected chi connectivity index (χ0v) is 13.1. The van der Waals surface area contributed by atoms with E-state index in [1.165, 1.54) is 5.56 Å². The van der Waals surface area contributed by atoms with E-state index in [1.54, 1.807) is 0 Å². The van der Waals surface area contributed by atoms with E-state index in [4.69, 9.17) is 16.3 Å². The van der Waals surface area contributed by atoms with E-state index in [9.17, 15) is 0 Å². The number of alkyl halides is 1. The molecule has 1 nitrogen and oxygen atoms in total. The van der Waals surface area contributed by atoms with E-state index in [2.05, 4.69) is 40.2 Å². The van der Waals surface area contributed by atoms with Crippen molar-refractivity contribution in [3.63, 3.8) is 0 Å². The van der Waals surface area contributed by atoms with Gasteiger partial charge in [-0.25, -0.2) is 0 Å². The largest absolute Gasteiger partial charge is 0.493 e. The first-order chi connectivity index (χ1) is 9.20. The zero-order chi connectivity index (χ0) is 13.7. The molecule has 19 heavy (non-hydrogen) atoms. The van der Waals surface area contributed by atoms with Crippen LogP contribution in [0.3, 0.4) is 0 Å². The highest BCUT2D eigenvalue weighted by molar-refractivity contribution is 9.09. The molecule has 0 spiro atoms. The fourth-order valence-electron chi connectivity index (χ4n) is 1.86. The van der Waals surface area contributed by atoms with E-state index in [0.717, 1.165) is 21.7 Å². The molecule has 0 N–H and O–H groups in total. The van der Waals surface area contributed by atoms with Crippen molar-refractivity contribution >= 4 is 27.5 Å². The van der Waals surface area contributed by atoms with Crippen LogP contribution in [0.15, 0.2) is 48.5 Å². The molecule has 0 aliphatic rings. The molecule has 0 aliphatic carbocycles. The van der Waals surface area contributed by atoms with Gasteiger partial charge in [0.25, 0.3) is 0 Å². The van der Waals surface area contributed by atoms with Crippen LogP contribution < -0.4 is 4.74 Å². The Morgan fingerprint density at radius 1 is 1.16 bits per heavy atom. The number of halogens is 2. The Morgan fingerprint density at radius 3 is 2.53 bits per heavy atom. The Morgan fingerprint density at radius 2 is 1.89 bits per heavy atom. The Kier molecular flexibility index (Phi) is 5.29. The summed E-state index contributed by atoms with van der Waals surface area (Å²) in [7, 11) is 0. The molecule has 0 radical (unpaired) electrons. The molecule has 3 heteroatoms. The summed E-state index contributed by atoms with van der Waals surface area (Å²) in [6.07, 6.45) is 0. The predicted molar refractivity (Wildman–Crippen MR) is 84.7 cm³/mol. The van der Waals surface area contributed by atoms with Crippen LogP contribution in [0.5, 0.6) is 5.75 Å². The number of benzene rings is 2. The van der Waals surface area contributed by atoms with Gasteiger partial charge < -0.3 is 4.74 Å². The van der Waals surface area contributed by atoms with Gasteiger partial charge in [0.2, 0.25) is 0 Å². The van der Waals surface area contributed by atoms with Gasteiger partial charge in [0.05, 0.1) is 6.61 Å².